The molecule has 162 valence electrons. The molecule has 0 bridgehead atoms. The number of nitrogens with zero attached hydrogens (tertiary/aromatic N) is 1. The Morgan fingerprint density at radius 1 is 1.13 bits per heavy atom. The zero-order chi connectivity index (χ0) is 22.5. The van der Waals surface area contributed by atoms with Crippen molar-refractivity contribution < 1.29 is 9.59 Å². The molecule has 0 aromatic heterocycles. The lowest BCUT2D eigenvalue weighted by atomic mass is 9.73. The van der Waals surface area contributed by atoms with Gasteiger partial charge in [-0.2, -0.15) is 0 Å². The molecule has 0 saturated heterocycles. The van der Waals surface area contributed by atoms with Gasteiger partial charge < -0.3 is 5.32 Å². The van der Waals surface area contributed by atoms with Gasteiger partial charge in [-0.05, 0) is 41.7 Å². The van der Waals surface area contributed by atoms with Crippen LogP contribution in [0.15, 0.2) is 53.7 Å². The minimum atomic E-state index is -0.630. The average molecular weight is 457 g/mol. The molecule has 6 heteroatoms. The Bertz CT molecular complexity index is 1100. The van der Waals surface area contributed by atoms with E-state index in [2.05, 4.69) is 19.2 Å². The van der Waals surface area contributed by atoms with Gasteiger partial charge in [-0.15, -0.1) is 0 Å². The Labute approximate surface area is 193 Å². The topological polar surface area (TPSA) is 49.4 Å². The Morgan fingerprint density at radius 3 is 2.52 bits per heavy atom. The number of Topliss-reactive ketones (excluding diaryl/α,β-unsaturated/α-hetero) is 1. The van der Waals surface area contributed by atoms with E-state index < -0.39 is 6.04 Å². The molecule has 4 rings (SSSR count). The molecule has 0 unspecified atom stereocenters. The van der Waals surface area contributed by atoms with Crippen molar-refractivity contribution in [2.45, 2.75) is 46.6 Å². The van der Waals surface area contributed by atoms with E-state index in [1.807, 2.05) is 44.2 Å². The first-order valence-corrected chi connectivity index (χ1v) is 11.2. The Balaban J connectivity index is 2.05. The van der Waals surface area contributed by atoms with Crippen LogP contribution in [0.25, 0.3) is 0 Å². The fraction of sp³-hybridized carbons (Fsp3) is 0.360. The van der Waals surface area contributed by atoms with E-state index in [4.69, 9.17) is 23.2 Å². The third kappa shape index (κ3) is 3.99. The van der Waals surface area contributed by atoms with Crippen molar-refractivity contribution in [3.8, 4) is 0 Å². The SMILES string of the molecule is CC(C)C(=O)N1c2ccccc2NC2=C(C(=O)CC(C)(C)C2)[C@@H]1c1ccc(Cl)cc1Cl. The molecule has 1 atom stereocenters. The van der Waals surface area contributed by atoms with Gasteiger partial charge in [0.2, 0.25) is 5.91 Å². The Morgan fingerprint density at radius 2 is 1.84 bits per heavy atom. The van der Waals surface area contributed by atoms with Crippen molar-refractivity contribution in [3.05, 3.63) is 69.3 Å². The predicted octanol–water partition coefficient (Wildman–Crippen LogP) is 6.79. The van der Waals surface area contributed by atoms with Crippen LogP contribution in [-0.2, 0) is 9.59 Å². The van der Waals surface area contributed by atoms with Crippen LogP contribution < -0.4 is 10.2 Å². The molecule has 2 aromatic carbocycles. The second kappa shape index (κ2) is 7.99. The molecular formula is C25H26Cl2N2O2. The van der Waals surface area contributed by atoms with Crippen molar-refractivity contribution in [3.63, 3.8) is 0 Å². The maximum Gasteiger partial charge on any atom is 0.230 e. The minimum Gasteiger partial charge on any atom is -0.357 e. The summed E-state index contributed by atoms with van der Waals surface area (Å²) >= 11 is 12.8. The van der Waals surface area contributed by atoms with Crippen molar-refractivity contribution in [1.82, 2.24) is 0 Å². The number of allylic oxidation sites excluding steroid dienone is 1. The highest BCUT2D eigenvalue weighted by molar-refractivity contribution is 6.35. The summed E-state index contributed by atoms with van der Waals surface area (Å²) in [5, 5.41) is 4.44. The summed E-state index contributed by atoms with van der Waals surface area (Å²) in [4.78, 5) is 28.9. The highest BCUT2D eigenvalue weighted by Gasteiger charge is 2.44. The normalized spacial score (nSPS) is 20.2. The predicted molar refractivity (Wildman–Crippen MR) is 127 cm³/mol. The second-order valence-corrected chi connectivity index (χ2v) is 10.3. The molecule has 0 fully saturated rings. The van der Waals surface area contributed by atoms with Crippen LogP contribution in [0.2, 0.25) is 10.0 Å². The van der Waals surface area contributed by atoms with E-state index in [1.54, 1.807) is 17.0 Å². The summed E-state index contributed by atoms with van der Waals surface area (Å²) in [5.41, 5.74) is 3.51. The number of carbonyl (C=O) groups excluding carboxylic acids is 2. The zero-order valence-corrected chi connectivity index (χ0v) is 19.6. The first-order chi connectivity index (χ1) is 14.6. The summed E-state index contributed by atoms with van der Waals surface area (Å²) in [6, 6.07) is 12.3. The molecule has 1 aliphatic carbocycles. The minimum absolute atomic E-state index is 0.0316. The highest BCUT2D eigenvalue weighted by Crippen LogP contribution is 2.49. The van der Waals surface area contributed by atoms with Gasteiger partial charge in [-0.3, -0.25) is 14.5 Å². The van der Waals surface area contributed by atoms with Gasteiger partial charge in [0.25, 0.3) is 0 Å². The number of rotatable bonds is 2. The molecule has 1 aliphatic heterocycles. The van der Waals surface area contributed by atoms with E-state index in [1.165, 1.54) is 0 Å². The fourth-order valence-corrected chi connectivity index (χ4v) is 5.04. The smallest absolute Gasteiger partial charge is 0.230 e. The van der Waals surface area contributed by atoms with E-state index in [9.17, 15) is 9.59 Å². The van der Waals surface area contributed by atoms with Crippen LogP contribution >= 0.6 is 23.2 Å². The van der Waals surface area contributed by atoms with Gasteiger partial charge >= 0.3 is 0 Å². The van der Waals surface area contributed by atoms with Gasteiger partial charge in [0.15, 0.2) is 5.78 Å². The zero-order valence-electron chi connectivity index (χ0n) is 18.1. The summed E-state index contributed by atoms with van der Waals surface area (Å²) in [7, 11) is 0. The van der Waals surface area contributed by atoms with Gasteiger partial charge in [0.05, 0.1) is 17.4 Å². The van der Waals surface area contributed by atoms with E-state index >= 15 is 0 Å². The summed E-state index contributed by atoms with van der Waals surface area (Å²) in [5.74, 6) is -0.306. The van der Waals surface area contributed by atoms with Crippen LogP contribution in [-0.4, -0.2) is 11.7 Å². The number of amides is 1. The lowest BCUT2D eigenvalue weighted by Crippen LogP contribution is -2.41. The number of anilines is 2. The molecule has 1 amide bonds. The van der Waals surface area contributed by atoms with E-state index in [0.717, 1.165) is 17.1 Å². The summed E-state index contributed by atoms with van der Waals surface area (Å²) in [6.45, 7) is 7.92. The number of hydrogen-bond acceptors (Lipinski definition) is 3. The van der Waals surface area contributed by atoms with Crippen molar-refractivity contribution >= 4 is 46.3 Å². The molecule has 0 saturated carbocycles. The van der Waals surface area contributed by atoms with Gasteiger partial charge in [-0.1, -0.05) is 69.1 Å². The maximum absolute atomic E-state index is 13.6. The number of hydrogen-bond donors (Lipinski definition) is 1. The van der Waals surface area contributed by atoms with E-state index in [0.29, 0.717) is 34.0 Å². The third-order valence-electron chi connectivity index (χ3n) is 5.89. The fourth-order valence-electron chi connectivity index (χ4n) is 4.53. The lowest BCUT2D eigenvalue weighted by molar-refractivity contribution is -0.122. The molecule has 31 heavy (non-hydrogen) atoms. The van der Waals surface area contributed by atoms with Crippen LogP contribution in [0.1, 0.15) is 52.1 Å². The monoisotopic (exact) mass is 456 g/mol. The van der Waals surface area contributed by atoms with Crippen LogP contribution in [0, 0.1) is 11.3 Å². The number of benzene rings is 2. The van der Waals surface area contributed by atoms with Crippen molar-refractivity contribution in [2.75, 3.05) is 10.2 Å². The molecular weight excluding hydrogens is 431 g/mol. The molecule has 4 nitrogen and oxygen atoms in total. The van der Waals surface area contributed by atoms with Gasteiger partial charge in [0, 0.05) is 33.7 Å². The largest absolute Gasteiger partial charge is 0.357 e. The highest BCUT2D eigenvalue weighted by atomic mass is 35.5. The van der Waals surface area contributed by atoms with Crippen molar-refractivity contribution in [1.29, 1.82) is 0 Å². The van der Waals surface area contributed by atoms with Crippen molar-refractivity contribution in [2.24, 2.45) is 11.3 Å². The van der Waals surface area contributed by atoms with Crippen LogP contribution in [0.5, 0.6) is 0 Å². The number of carbonyl (C=O) groups is 2. The first-order valence-electron chi connectivity index (χ1n) is 10.5. The van der Waals surface area contributed by atoms with Gasteiger partial charge in [-0.25, -0.2) is 0 Å². The number of nitrogens with one attached hydrogen (secondary N) is 1. The number of halogens is 2. The summed E-state index contributed by atoms with van der Waals surface area (Å²) < 4.78 is 0. The lowest BCUT2D eigenvalue weighted by Gasteiger charge is -2.38. The Hall–Kier alpha value is -2.30. The number of para-hydroxylation sites is 2. The Kier molecular flexibility index (Phi) is 5.65. The molecule has 0 radical (unpaired) electrons. The standard InChI is InChI=1S/C25H26Cl2N2O2/c1-14(2)24(31)29-20-8-6-5-7-18(20)28-19-12-25(3,4)13-21(30)22(19)23(29)16-10-9-15(26)11-17(16)27/h5-11,14,23,28H,12-13H2,1-4H3/t23-/m0/s1. The molecule has 1 heterocycles. The second-order valence-electron chi connectivity index (χ2n) is 9.41. The van der Waals surface area contributed by atoms with Gasteiger partial charge in [0.1, 0.15) is 0 Å². The number of fused-ring (bicyclic) bond motifs is 1. The maximum atomic E-state index is 13.6. The average Bonchev–Trinajstić information content (AvgIpc) is 2.80. The third-order valence-corrected chi connectivity index (χ3v) is 6.45. The first kappa shape index (κ1) is 21.9. The molecule has 2 aromatic rings. The molecule has 1 N–H and O–H groups in total. The molecule has 0 spiro atoms. The van der Waals surface area contributed by atoms with Crippen LogP contribution in [0.4, 0.5) is 11.4 Å². The number of ketones is 1. The van der Waals surface area contributed by atoms with Crippen LogP contribution in [0.3, 0.4) is 0 Å². The van der Waals surface area contributed by atoms with E-state index in [-0.39, 0.29) is 23.0 Å². The quantitative estimate of drug-likeness (QED) is 0.540. The summed E-state index contributed by atoms with van der Waals surface area (Å²) in [6.07, 6.45) is 1.11. The molecule has 2 aliphatic rings.